The average Bonchev–Trinajstić information content (AvgIpc) is 2.62. The van der Waals surface area contributed by atoms with Crippen molar-refractivity contribution in [3.63, 3.8) is 0 Å². The van der Waals surface area contributed by atoms with E-state index in [1.54, 1.807) is 6.07 Å². The monoisotopic (exact) mass is 400 g/mol. The summed E-state index contributed by atoms with van der Waals surface area (Å²) in [5.41, 5.74) is -1.15. The Balaban J connectivity index is 1.84. The second-order valence-corrected chi connectivity index (χ2v) is 5.83. The minimum Gasteiger partial charge on any atom is -0.486 e. The number of halogens is 4. The molecule has 0 atom stereocenters. The largest absolute Gasteiger partial charge is 0.486 e. The molecule has 1 aliphatic heterocycles. The van der Waals surface area contributed by atoms with Crippen molar-refractivity contribution in [2.75, 3.05) is 23.4 Å². The van der Waals surface area contributed by atoms with Gasteiger partial charge in [0.05, 0.1) is 16.3 Å². The Morgan fingerprint density at radius 3 is 2.48 bits per heavy atom. The third-order valence-electron chi connectivity index (χ3n) is 3.65. The van der Waals surface area contributed by atoms with Crippen LogP contribution in [0.3, 0.4) is 0 Å². The maximum atomic E-state index is 13.0. The lowest BCUT2D eigenvalue weighted by Crippen LogP contribution is -2.34. The van der Waals surface area contributed by atoms with E-state index >= 15 is 0 Å². The van der Waals surface area contributed by atoms with Gasteiger partial charge in [0.2, 0.25) is 6.41 Å². The third-order valence-corrected chi connectivity index (χ3v) is 3.98. The van der Waals surface area contributed by atoms with Crippen molar-refractivity contribution < 1.29 is 32.2 Å². The molecule has 2 aromatic rings. The number of hydrogen-bond donors (Lipinski definition) is 1. The van der Waals surface area contributed by atoms with Gasteiger partial charge in [-0.05, 0) is 30.3 Å². The second kappa shape index (κ2) is 7.36. The number of anilines is 2. The van der Waals surface area contributed by atoms with Crippen LogP contribution in [-0.4, -0.2) is 25.7 Å². The molecule has 0 aromatic heterocycles. The Labute approximate surface area is 156 Å². The van der Waals surface area contributed by atoms with E-state index in [1.807, 2.05) is 0 Å². The molecule has 0 bridgehead atoms. The van der Waals surface area contributed by atoms with Crippen LogP contribution in [0, 0.1) is 0 Å². The molecule has 0 fully saturated rings. The zero-order valence-electron chi connectivity index (χ0n) is 13.5. The molecule has 1 aliphatic rings. The van der Waals surface area contributed by atoms with Crippen molar-refractivity contribution >= 4 is 35.4 Å². The van der Waals surface area contributed by atoms with E-state index in [9.17, 15) is 22.8 Å². The number of imide groups is 1. The first-order valence-corrected chi connectivity index (χ1v) is 7.99. The van der Waals surface area contributed by atoms with Crippen molar-refractivity contribution in [2.24, 2.45) is 0 Å². The van der Waals surface area contributed by atoms with E-state index < -0.39 is 22.8 Å². The van der Waals surface area contributed by atoms with E-state index in [2.05, 4.69) is 5.32 Å². The van der Waals surface area contributed by atoms with Crippen molar-refractivity contribution in [3.8, 4) is 11.5 Å². The molecule has 3 rings (SSSR count). The first kappa shape index (κ1) is 18.8. The fourth-order valence-corrected chi connectivity index (χ4v) is 2.64. The summed E-state index contributed by atoms with van der Waals surface area (Å²) in [6.07, 6.45) is -4.62. The van der Waals surface area contributed by atoms with Crippen molar-refractivity contribution in [1.82, 2.24) is 0 Å². The maximum absolute atomic E-state index is 13.0. The molecule has 0 spiro atoms. The summed E-state index contributed by atoms with van der Waals surface area (Å²) in [4.78, 5) is 24.2. The van der Waals surface area contributed by atoms with Gasteiger partial charge in [0.25, 0.3) is 0 Å². The second-order valence-electron chi connectivity index (χ2n) is 5.43. The molecule has 27 heavy (non-hydrogen) atoms. The summed E-state index contributed by atoms with van der Waals surface area (Å²) in [6.45, 7) is 0.742. The van der Waals surface area contributed by atoms with Crippen LogP contribution in [0.4, 0.5) is 29.3 Å². The third kappa shape index (κ3) is 4.08. The fourth-order valence-electron chi connectivity index (χ4n) is 2.41. The van der Waals surface area contributed by atoms with Crippen LogP contribution in [0.2, 0.25) is 5.02 Å². The van der Waals surface area contributed by atoms with E-state index in [-0.39, 0.29) is 17.8 Å². The zero-order chi connectivity index (χ0) is 19.6. The highest BCUT2D eigenvalue weighted by Crippen LogP contribution is 2.37. The van der Waals surface area contributed by atoms with Gasteiger partial charge in [-0.25, -0.2) is 9.69 Å². The van der Waals surface area contributed by atoms with Crippen LogP contribution >= 0.6 is 11.6 Å². The number of alkyl halides is 3. The molecular formula is C17H12ClF3N2O4. The van der Waals surface area contributed by atoms with Crippen LogP contribution in [0.5, 0.6) is 11.5 Å². The Morgan fingerprint density at radius 1 is 1.11 bits per heavy atom. The van der Waals surface area contributed by atoms with Gasteiger partial charge in [-0.2, -0.15) is 13.2 Å². The number of carbonyl (C=O) groups excluding carboxylic acids is 2. The van der Waals surface area contributed by atoms with Gasteiger partial charge in [0.15, 0.2) is 11.5 Å². The molecule has 0 saturated heterocycles. The molecule has 10 heteroatoms. The predicted octanol–water partition coefficient (Wildman–Crippen LogP) is 4.32. The van der Waals surface area contributed by atoms with Crippen LogP contribution in [-0.2, 0) is 11.0 Å². The molecule has 0 aliphatic carbocycles. The smallest absolute Gasteiger partial charge is 0.417 e. The summed E-state index contributed by atoms with van der Waals surface area (Å²) in [6, 6.07) is 6.34. The summed E-state index contributed by atoms with van der Waals surface area (Å²) in [5.74, 6) is 0.904. The van der Waals surface area contributed by atoms with Gasteiger partial charge in [-0.3, -0.25) is 4.79 Å². The van der Waals surface area contributed by atoms with Crippen LogP contribution in [0.15, 0.2) is 36.4 Å². The molecule has 0 saturated carbocycles. The average molecular weight is 401 g/mol. The standard InChI is InChI=1S/C17H12ClF3N2O4/c18-13-3-2-11(8-12(13)17(19,20)21)23(9-24)16(25)22-10-1-4-14-15(7-10)27-6-5-26-14/h1-4,7-9H,5-6H2,(H,22,25). The van der Waals surface area contributed by atoms with Gasteiger partial charge < -0.3 is 14.8 Å². The molecule has 2 aromatic carbocycles. The Morgan fingerprint density at radius 2 is 1.81 bits per heavy atom. The van der Waals surface area contributed by atoms with Crippen LogP contribution in [0.25, 0.3) is 0 Å². The summed E-state index contributed by atoms with van der Waals surface area (Å²) in [5, 5.41) is 1.88. The highest BCUT2D eigenvalue weighted by Gasteiger charge is 2.34. The van der Waals surface area contributed by atoms with E-state index in [4.69, 9.17) is 21.1 Å². The van der Waals surface area contributed by atoms with E-state index in [0.29, 0.717) is 35.7 Å². The Bertz CT molecular complexity index is 889. The number of nitrogens with zero attached hydrogens (tertiary/aromatic N) is 1. The molecule has 1 N–H and O–H groups in total. The summed E-state index contributed by atoms with van der Waals surface area (Å²) < 4.78 is 49.7. The quantitative estimate of drug-likeness (QED) is 0.779. The number of urea groups is 1. The van der Waals surface area contributed by atoms with Gasteiger partial charge in [-0.15, -0.1) is 0 Å². The van der Waals surface area contributed by atoms with Crippen LogP contribution < -0.4 is 19.7 Å². The highest BCUT2D eigenvalue weighted by molar-refractivity contribution is 6.31. The molecule has 3 amide bonds. The number of ether oxygens (including phenoxy) is 2. The normalized spacial score (nSPS) is 13.0. The number of fused-ring (bicyclic) bond motifs is 1. The number of nitrogens with one attached hydrogen (secondary N) is 1. The lowest BCUT2D eigenvalue weighted by molar-refractivity contribution is -0.137. The highest BCUT2D eigenvalue weighted by atomic mass is 35.5. The fraction of sp³-hybridized carbons (Fsp3) is 0.176. The van der Waals surface area contributed by atoms with Crippen molar-refractivity contribution in [2.45, 2.75) is 6.18 Å². The lowest BCUT2D eigenvalue weighted by Gasteiger charge is -2.21. The molecule has 0 radical (unpaired) electrons. The van der Waals surface area contributed by atoms with E-state index in [0.717, 1.165) is 12.1 Å². The number of carbonyl (C=O) groups is 2. The topological polar surface area (TPSA) is 67.9 Å². The van der Waals surface area contributed by atoms with Crippen molar-refractivity contribution in [1.29, 1.82) is 0 Å². The molecule has 142 valence electrons. The Hall–Kier alpha value is -2.94. The zero-order valence-corrected chi connectivity index (χ0v) is 14.3. The Kier molecular flexibility index (Phi) is 5.13. The molecule has 0 unspecified atom stereocenters. The first-order valence-electron chi connectivity index (χ1n) is 7.61. The van der Waals surface area contributed by atoms with Gasteiger partial charge >= 0.3 is 12.2 Å². The summed E-state index contributed by atoms with van der Waals surface area (Å²) >= 11 is 5.55. The minimum atomic E-state index is -4.73. The number of benzene rings is 2. The van der Waals surface area contributed by atoms with E-state index in [1.165, 1.54) is 12.1 Å². The summed E-state index contributed by atoms with van der Waals surface area (Å²) in [7, 11) is 0. The van der Waals surface area contributed by atoms with Crippen molar-refractivity contribution in [3.05, 3.63) is 47.0 Å². The number of rotatable bonds is 3. The number of amides is 3. The van der Waals surface area contributed by atoms with Gasteiger partial charge in [-0.1, -0.05) is 11.6 Å². The SMILES string of the molecule is O=CN(C(=O)Nc1ccc2c(c1)OCCO2)c1ccc(Cl)c(C(F)(F)F)c1. The molecule has 1 heterocycles. The van der Waals surface area contributed by atoms with Gasteiger partial charge in [0.1, 0.15) is 13.2 Å². The van der Waals surface area contributed by atoms with Crippen LogP contribution in [0.1, 0.15) is 5.56 Å². The molecule has 6 nitrogen and oxygen atoms in total. The molecular weight excluding hydrogens is 389 g/mol. The maximum Gasteiger partial charge on any atom is 0.417 e. The lowest BCUT2D eigenvalue weighted by atomic mass is 10.2. The number of hydrogen-bond acceptors (Lipinski definition) is 4. The first-order chi connectivity index (χ1) is 12.8. The van der Waals surface area contributed by atoms with Gasteiger partial charge in [0, 0.05) is 11.8 Å². The minimum absolute atomic E-state index is 0.108. The predicted molar refractivity (Wildman–Crippen MR) is 91.4 cm³/mol.